The molecule has 144 valence electrons. The number of halogens is 4. The van der Waals surface area contributed by atoms with Gasteiger partial charge in [-0.1, -0.05) is 29.8 Å². The highest BCUT2D eigenvalue weighted by Crippen LogP contribution is 2.35. The summed E-state index contributed by atoms with van der Waals surface area (Å²) in [6.45, 7) is 0.390. The van der Waals surface area contributed by atoms with Crippen LogP contribution in [0.4, 0.5) is 13.2 Å². The van der Waals surface area contributed by atoms with E-state index in [1.54, 1.807) is 24.3 Å². The number of nitrogens with zero attached hydrogens (tertiary/aromatic N) is 2. The minimum Gasteiger partial charge on any atom is -0.351 e. The third kappa shape index (κ3) is 4.71. The topological polar surface area (TPSA) is 46.9 Å². The summed E-state index contributed by atoms with van der Waals surface area (Å²) in [5.41, 5.74) is 0.862. The molecule has 1 aromatic heterocycles. The monoisotopic (exact) mass is 397 g/mol. The number of fused-ring (bicyclic) bond motifs is 1. The number of carbonyl (C=O) groups excluding carboxylic acids is 1. The zero-order valence-electron chi connectivity index (χ0n) is 14.5. The van der Waals surface area contributed by atoms with E-state index in [0.717, 1.165) is 12.8 Å². The van der Waals surface area contributed by atoms with Crippen LogP contribution < -0.4 is 5.32 Å². The lowest BCUT2D eigenvalue weighted by Crippen LogP contribution is -2.26. The maximum Gasteiger partial charge on any atom is 0.435 e. The van der Waals surface area contributed by atoms with Crippen molar-refractivity contribution < 1.29 is 18.0 Å². The van der Waals surface area contributed by atoms with Gasteiger partial charge in [-0.3, -0.25) is 9.48 Å². The fourth-order valence-corrected chi connectivity index (χ4v) is 3.40. The highest BCUT2D eigenvalue weighted by atomic mass is 35.5. The average molecular weight is 398 g/mol. The van der Waals surface area contributed by atoms with Gasteiger partial charge in [-0.2, -0.15) is 18.3 Å². The zero-order valence-corrected chi connectivity index (χ0v) is 15.3. The van der Waals surface area contributed by atoms with E-state index in [1.165, 1.54) is 10.8 Å². The lowest BCUT2D eigenvalue weighted by Gasteiger charge is -2.14. The smallest absolute Gasteiger partial charge is 0.351 e. The molecule has 0 fully saturated rings. The van der Waals surface area contributed by atoms with E-state index in [9.17, 15) is 18.0 Å². The Morgan fingerprint density at radius 1 is 1.26 bits per heavy atom. The van der Waals surface area contributed by atoms with Gasteiger partial charge in [-0.25, -0.2) is 0 Å². The largest absolute Gasteiger partial charge is 0.435 e. The lowest BCUT2D eigenvalue weighted by atomic mass is 9.95. The van der Waals surface area contributed by atoms with Gasteiger partial charge in [-0.15, -0.1) is 0 Å². The summed E-state index contributed by atoms with van der Waals surface area (Å²) < 4.78 is 40.9. The van der Waals surface area contributed by atoms with Crippen LogP contribution in [-0.2, 0) is 30.4 Å². The second-order valence-electron chi connectivity index (χ2n) is 6.35. The maximum absolute atomic E-state index is 13.2. The summed E-state index contributed by atoms with van der Waals surface area (Å²) >= 11 is 6.01. The van der Waals surface area contributed by atoms with Crippen molar-refractivity contribution in [1.29, 1.82) is 0 Å². The summed E-state index contributed by atoms with van der Waals surface area (Å²) in [7, 11) is 0. The van der Waals surface area contributed by atoms with Gasteiger partial charge in [-0.05, 0) is 43.4 Å². The van der Waals surface area contributed by atoms with E-state index < -0.39 is 11.9 Å². The van der Waals surface area contributed by atoms with Gasteiger partial charge in [0.2, 0.25) is 5.91 Å². The van der Waals surface area contributed by atoms with Crippen molar-refractivity contribution in [3.8, 4) is 0 Å². The van der Waals surface area contributed by atoms with E-state index in [0.29, 0.717) is 34.7 Å². The highest BCUT2D eigenvalue weighted by Gasteiger charge is 2.39. The molecule has 4 nitrogen and oxygen atoms in total. The van der Waals surface area contributed by atoms with E-state index in [4.69, 9.17) is 11.6 Å². The molecule has 1 aliphatic carbocycles. The Balaban J connectivity index is 1.61. The molecule has 1 aromatic carbocycles. The number of hydrogen-bond donors (Lipinski definition) is 1. The summed E-state index contributed by atoms with van der Waals surface area (Å²) in [6.07, 6.45) is 1.06. The molecule has 3 rings (SSSR count). The van der Waals surface area contributed by atoms with Gasteiger partial charge in [0.1, 0.15) is 0 Å². The van der Waals surface area contributed by atoms with Gasteiger partial charge < -0.3 is 5.32 Å². The zero-order chi connectivity index (χ0) is 19.4. The Hall–Kier alpha value is -2.28. The first-order valence-electron chi connectivity index (χ1n) is 8.72. The van der Waals surface area contributed by atoms with Crippen LogP contribution in [0.3, 0.4) is 0 Å². The number of hydrogen-bond acceptors (Lipinski definition) is 2. The number of amides is 1. The molecule has 1 amide bonds. The van der Waals surface area contributed by atoms with Crippen LogP contribution in [0.1, 0.15) is 35.4 Å². The van der Waals surface area contributed by atoms with E-state index in [1.807, 2.05) is 6.07 Å². The summed E-state index contributed by atoms with van der Waals surface area (Å²) in [5.74, 6) is -0.341. The lowest BCUT2D eigenvalue weighted by molar-refractivity contribution is -0.142. The normalized spacial score (nSPS) is 14.4. The molecular weight excluding hydrogens is 379 g/mol. The van der Waals surface area contributed by atoms with Crippen molar-refractivity contribution in [1.82, 2.24) is 15.1 Å². The van der Waals surface area contributed by atoms with E-state index >= 15 is 0 Å². The second-order valence-corrected chi connectivity index (χ2v) is 6.75. The maximum atomic E-state index is 13.2. The first-order valence-corrected chi connectivity index (χ1v) is 9.10. The number of nitrogens with one attached hydrogen (secondary N) is 1. The van der Waals surface area contributed by atoms with Crippen LogP contribution in [-0.4, -0.2) is 22.2 Å². The molecule has 0 aliphatic heterocycles. The fourth-order valence-electron chi connectivity index (χ4n) is 3.20. The highest BCUT2D eigenvalue weighted by molar-refractivity contribution is 6.32. The van der Waals surface area contributed by atoms with Crippen LogP contribution >= 0.6 is 11.6 Å². The molecule has 0 radical (unpaired) electrons. The molecule has 2 aromatic rings. The Morgan fingerprint density at radius 2 is 2.00 bits per heavy atom. The summed E-state index contributed by atoms with van der Waals surface area (Å²) in [5, 5.41) is 6.97. The first kappa shape index (κ1) is 19.5. The van der Waals surface area contributed by atoms with Crippen LogP contribution in [0.15, 0.2) is 30.3 Å². The first-order chi connectivity index (χ1) is 12.9. The Morgan fingerprint density at radius 3 is 2.74 bits per heavy atom. The molecular formula is C19H19ClF3N3O. The van der Waals surface area contributed by atoms with Gasteiger partial charge >= 0.3 is 6.18 Å². The van der Waals surface area contributed by atoms with Gasteiger partial charge in [0.05, 0.1) is 6.54 Å². The van der Waals surface area contributed by atoms with Crippen LogP contribution in [0.25, 0.3) is 6.08 Å². The Labute approximate surface area is 160 Å². The number of aromatic nitrogens is 2. The van der Waals surface area contributed by atoms with E-state index in [2.05, 4.69) is 10.4 Å². The Kier molecular flexibility index (Phi) is 5.89. The van der Waals surface area contributed by atoms with E-state index in [-0.39, 0.29) is 19.0 Å². The second kappa shape index (κ2) is 8.17. The predicted molar refractivity (Wildman–Crippen MR) is 97.4 cm³/mol. The molecule has 1 heterocycles. The summed E-state index contributed by atoms with van der Waals surface area (Å²) in [4.78, 5) is 11.9. The van der Waals surface area contributed by atoms with Crippen LogP contribution in [0.2, 0.25) is 5.02 Å². The third-order valence-corrected chi connectivity index (χ3v) is 4.81. The standard InChI is InChI=1S/C19H19ClF3N3O/c20-15-7-3-1-5-13(15)9-10-17(27)24-11-12-26-16-8-4-2-6-14(16)18(25-26)19(21,22)23/h1,3,5,7,9-10H,2,4,6,8,11-12H2,(H,24,27)/b10-9+. The van der Waals surface area contributed by atoms with Crippen molar-refractivity contribution in [3.05, 3.63) is 57.9 Å². The van der Waals surface area contributed by atoms with Crippen molar-refractivity contribution in [3.63, 3.8) is 0 Å². The minimum atomic E-state index is -4.45. The van der Waals surface area contributed by atoms with Crippen molar-refractivity contribution in [2.45, 2.75) is 38.4 Å². The predicted octanol–water partition coefficient (Wildman–Crippen LogP) is 4.26. The number of rotatable bonds is 5. The number of carbonyl (C=O) groups is 1. The van der Waals surface area contributed by atoms with Crippen molar-refractivity contribution in [2.24, 2.45) is 0 Å². The molecule has 27 heavy (non-hydrogen) atoms. The van der Waals surface area contributed by atoms with Crippen LogP contribution in [0.5, 0.6) is 0 Å². The molecule has 0 unspecified atom stereocenters. The molecule has 0 spiro atoms. The molecule has 0 atom stereocenters. The Bertz CT molecular complexity index is 858. The molecule has 8 heteroatoms. The molecule has 1 aliphatic rings. The fraction of sp³-hybridized carbons (Fsp3) is 0.368. The molecule has 1 N–H and O–H groups in total. The SMILES string of the molecule is O=C(/C=C/c1ccccc1Cl)NCCn1nc(C(F)(F)F)c2c1CCCC2. The van der Waals surface area contributed by atoms with Gasteiger partial charge in [0, 0.05) is 28.9 Å². The van der Waals surface area contributed by atoms with Gasteiger partial charge in [0.15, 0.2) is 5.69 Å². The minimum absolute atomic E-state index is 0.192. The third-order valence-electron chi connectivity index (χ3n) is 4.47. The molecule has 0 bridgehead atoms. The van der Waals surface area contributed by atoms with Crippen molar-refractivity contribution in [2.75, 3.05) is 6.54 Å². The molecule has 0 saturated carbocycles. The van der Waals surface area contributed by atoms with Gasteiger partial charge in [0.25, 0.3) is 0 Å². The number of benzene rings is 1. The molecule has 0 saturated heterocycles. The van der Waals surface area contributed by atoms with Crippen molar-refractivity contribution >= 4 is 23.6 Å². The quantitative estimate of drug-likeness (QED) is 0.766. The van der Waals surface area contributed by atoms with Crippen LogP contribution in [0, 0.1) is 0 Å². The number of alkyl halides is 3. The average Bonchev–Trinajstić information content (AvgIpc) is 3.00. The summed E-state index contributed by atoms with van der Waals surface area (Å²) in [6, 6.07) is 7.10.